The van der Waals surface area contributed by atoms with E-state index in [0.29, 0.717) is 11.1 Å². The van der Waals surface area contributed by atoms with Gasteiger partial charge in [0.05, 0.1) is 0 Å². The van der Waals surface area contributed by atoms with E-state index in [4.69, 9.17) is 5.11 Å². The summed E-state index contributed by atoms with van der Waals surface area (Å²) in [7, 11) is 0. The van der Waals surface area contributed by atoms with Crippen molar-refractivity contribution in [2.24, 2.45) is 0 Å². The summed E-state index contributed by atoms with van der Waals surface area (Å²) in [6, 6.07) is 9.92. The average molecular weight is 256 g/mol. The maximum absolute atomic E-state index is 11.8. The van der Waals surface area contributed by atoms with Crippen molar-refractivity contribution in [3.8, 4) is 17.2 Å². The largest absolute Gasteiger partial charge is 0.508 e. The summed E-state index contributed by atoms with van der Waals surface area (Å²) in [5, 5.41) is 28.0. The predicted molar refractivity (Wildman–Crippen MR) is 71.2 cm³/mol. The molecule has 0 unspecified atom stereocenters. The second kappa shape index (κ2) is 5.27. The van der Waals surface area contributed by atoms with Crippen LogP contribution in [-0.4, -0.2) is 21.1 Å². The summed E-state index contributed by atoms with van der Waals surface area (Å²) in [4.78, 5) is 11.8. The van der Waals surface area contributed by atoms with Gasteiger partial charge in [0, 0.05) is 11.1 Å². The number of rotatable bonds is 3. The number of hydrogen-bond acceptors (Lipinski definition) is 4. The number of phenolic OH excluding ortho intramolecular Hbond substituents is 3. The van der Waals surface area contributed by atoms with Crippen molar-refractivity contribution >= 4 is 11.9 Å². The molecule has 0 amide bonds. The zero-order valence-corrected chi connectivity index (χ0v) is 9.95. The molecular weight excluding hydrogens is 244 g/mol. The first kappa shape index (κ1) is 12.7. The zero-order valence-electron chi connectivity index (χ0n) is 9.95. The molecule has 0 fully saturated rings. The predicted octanol–water partition coefficient (Wildman–Crippen LogP) is 2.70. The second-order valence-corrected chi connectivity index (χ2v) is 3.99. The van der Waals surface area contributed by atoms with Gasteiger partial charge in [-0.25, -0.2) is 0 Å². The lowest BCUT2D eigenvalue weighted by Crippen LogP contribution is -1.92. The molecule has 0 spiro atoms. The Hall–Kier alpha value is -2.75. The quantitative estimate of drug-likeness (QED) is 0.448. The van der Waals surface area contributed by atoms with Gasteiger partial charge in [0.2, 0.25) is 0 Å². The van der Waals surface area contributed by atoms with Crippen LogP contribution in [0.2, 0.25) is 0 Å². The van der Waals surface area contributed by atoms with Crippen LogP contribution in [0.25, 0.3) is 6.08 Å². The number of aromatic hydroxyl groups is 3. The Kier molecular flexibility index (Phi) is 3.52. The third kappa shape index (κ3) is 3.13. The van der Waals surface area contributed by atoms with Crippen molar-refractivity contribution in [1.82, 2.24) is 0 Å². The molecule has 0 bridgehead atoms. The van der Waals surface area contributed by atoms with Crippen molar-refractivity contribution in [2.45, 2.75) is 0 Å². The van der Waals surface area contributed by atoms with Gasteiger partial charge in [-0.15, -0.1) is 0 Å². The van der Waals surface area contributed by atoms with Gasteiger partial charge in [0.1, 0.15) is 17.2 Å². The van der Waals surface area contributed by atoms with Gasteiger partial charge in [-0.05, 0) is 54.6 Å². The van der Waals surface area contributed by atoms with Crippen LogP contribution in [0.3, 0.4) is 0 Å². The fraction of sp³-hybridized carbons (Fsp3) is 0. The fourth-order valence-electron chi connectivity index (χ4n) is 1.56. The van der Waals surface area contributed by atoms with Crippen molar-refractivity contribution < 1.29 is 20.1 Å². The molecule has 4 heteroatoms. The molecule has 0 aliphatic carbocycles. The van der Waals surface area contributed by atoms with Crippen molar-refractivity contribution in [1.29, 1.82) is 0 Å². The van der Waals surface area contributed by atoms with E-state index in [-0.39, 0.29) is 23.0 Å². The highest BCUT2D eigenvalue weighted by molar-refractivity contribution is 6.07. The van der Waals surface area contributed by atoms with E-state index in [1.165, 1.54) is 54.6 Å². The van der Waals surface area contributed by atoms with Crippen LogP contribution in [0.5, 0.6) is 17.2 Å². The van der Waals surface area contributed by atoms with Crippen LogP contribution in [0.1, 0.15) is 15.9 Å². The number of hydrogen-bond donors (Lipinski definition) is 3. The van der Waals surface area contributed by atoms with Crippen LogP contribution in [-0.2, 0) is 0 Å². The minimum Gasteiger partial charge on any atom is -0.508 e. The van der Waals surface area contributed by atoms with E-state index in [1.54, 1.807) is 0 Å². The number of carbonyl (C=O) groups excluding carboxylic acids is 1. The summed E-state index contributed by atoms with van der Waals surface area (Å²) in [5.74, 6) is -0.184. The van der Waals surface area contributed by atoms with Crippen LogP contribution in [0.4, 0.5) is 0 Å². The standard InChI is InChI=1S/C15H12O4/c16-12-4-1-10(2-5-12)14(18)7-3-11-9-13(17)6-8-15(11)19/h1-9,16-17,19H. The first-order chi connectivity index (χ1) is 9.06. The Morgan fingerprint density at radius 3 is 2.21 bits per heavy atom. The highest BCUT2D eigenvalue weighted by Crippen LogP contribution is 2.23. The lowest BCUT2D eigenvalue weighted by Gasteiger charge is -2.00. The van der Waals surface area contributed by atoms with Crippen LogP contribution >= 0.6 is 0 Å². The number of phenols is 3. The van der Waals surface area contributed by atoms with Gasteiger partial charge in [0.25, 0.3) is 0 Å². The third-order valence-electron chi connectivity index (χ3n) is 2.58. The lowest BCUT2D eigenvalue weighted by molar-refractivity contribution is 0.104. The van der Waals surface area contributed by atoms with Crippen LogP contribution in [0, 0.1) is 0 Å². The molecule has 0 radical (unpaired) electrons. The molecular formula is C15H12O4. The molecule has 19 heavy (non-hydrogen) atoms. The van der Waals surface area contributed by atoms with E-state index in [0.717, 1.165) is 0 Å². The Balaban J connectivity index is 2.20. The van der Waals surface area contributed by atoms with Gasteiger partial charge >= 0.3 is 0 Å². The molecule has 0 heterocycles. The van der Waals surface area contributed by atoms with Crippen molar-refractivity contribution in [3.63, 3.8) is 0 Å². The van der Waals surface area contributed by atoms with Gasteiger partial charge < -0.3 is 15.3 Å². The highest BCUT2D eigenvalue weighted by atomic mass is 16.3. The Bertz CT molecular complexity index is 627. The highest BCUT2D eigenvalue weighted by Gasteiger charge is 2.03. The number of carbonyl (C=O) groups is 1. The first-order valence-corrected chi connectivity index (χ1v) is 5.60. The van der Waals surface area contributed by atoms with Crippen molar-refractivity contribution in [3.05, 3.63) is 59.7 Å². The van der Waals surface area contributed by atoms with Gasteiger partial charge in [-0.3, -0.25) is 4.79 Å². The Labute approximate surface area is 109 Å². The molecule has 4 nitrogen and oxygen atoms in total. The molecule has 2 aromatic carbocycles. The molecule has 0 aliphatic heterocycles. The molecule has 2 aromatic rings. The number of ketones is 1. The minimum atomic E-state index is -0.261. The molecule has 0 saturated heterocycles. The van der Waals surface area contributed by atoms with Gasteiger partial charge in [-0.1, -0.05) is 0 Å². The smallest absolute Gasteiger partial charge is 0.185 e. The Morgan fingerprint density at radius 1 is 0.895 bits per heavy atom. The van der Waals surface area contributed by atoms with E-state index < -0.39 is 0 Å². The molecule has 0 aromatic heterocycles. The van der Waals surface area contributed by atoms with Crippen molar-refractivity contribution in [2.75, 3.05) is 0 Å². The maximum atomic E-state index is 11.8. The lowest BCUT2D eigenvalue weighted by atomic mass is 10.1. The molecule has 2 rings (SSSR count). The van der Waals surface area contributed by atoms with E-state index >= 15 is 0 Å². The monoisotopic (exact) mass is 256 g/mol. The summed E-state index contributed by atoms with van der Waals surface area (Å²) >= 11 is 0. The normalized spacial score (nSPS) is 10.7. The molecule has 96 valence electrons. The summed E-state index contributed by atoms with van der Waals surface area (Å²) in [6.45, 7) is 0. The number of benzene rings is 2. The second-order valence-electron chi connectivity index (χ2n) is 3.99. The third-order valence-corrected chi connectivity index (χ3v) is 2.58. The number of allylic oxidation sites excluding steroid dienone is 1. The summed E-state index contributed by atoms with van der Waals surface area (Å²) in [5.41, 5.74) is 0.779. The Morgan fingerprint density at radius 2 is 1.53 bits per heavy atom. The summed E-state index contributed by atoms with van der Waals surface area (Å²) in [6.07, 6.45) is 2.71. The van der Waals surface area contributed by atoms with Gasteiger partial charge in [-0.2, -0.15) is 0 Å². The zero-order chi connectivity index (χ0) is 13.8. The SMILES string of the molecule is O=C(C=Cc1cc(O)ccc1O)c1ccc(O)cc1. The van der Waals surface area contributed by atoms with E-state index in [9.17, 15) is 15.0 Å². The first-order valence-electron chi connectivity index (χ1n) is 5.60. The van der Waals surface area contributed by atoms with E-state index in [2.05, 4.69) is 0 Å². The summed E-state index contributed by atoms with van der Waals surface area (Å²) < 4.78 is 0. The minimum absolute atomic E-state index is 0.00883. The molecule has 0 saturated carbocycles. The molecule has 3 N–H and O–H groups in total. The molecule has 0 atom stereocenters. The van der Waals surface area contributed by atoms with E-state index in [1.807, 2.05) is 0 Å². The molecule has 0 aliphatic rings. The maximum Gasteiger partial charge on any atom is 0.185 e. The van der Waals surface area contributed by atoms with Gasteiger partial charge in [0.15, 0.2) is 5.78 Å². The van der Waals surface area contributed by atoms with Crippen LogP contribution < -0.4 is 0 Å². The topological polar surface area (TPSA) is 77.8 Å². The van der Waals surface area contributed by atoms with Crippen LogP contribution in [0.15, 0.2) is 48.5 Å². The fourth-order valence-corrected chi connectivity index (χ4v) is 1.56. The average Bonchev–Trinajstić information content (AvgIpc) is 2.40.